The van der Waals surface area contributed by atoms with Crippen LogP contribution in [0.5, 0.6) is 5.75 Å². The Morgan fingerprint density at radius 3 is 2.46 bits per heavy atom. The van der Waals surface area contributed by atoms with E-state index in [9.17, 15) is 4.39 Å². The van der Waals surface area contributed by atoms with Crippen LogP contribution < -0.4 is 15.4 Å². The molecule has 3 rings (SSSR count). The first-order valence-electron chi connectivity index (χ1n) is 8.65. The summed E-state index contributed by atoms with van der Waals surface area (Å²) in [5, 5.41) is 0.410. The molecule has 1 aromatic heterocycles. The van der Waals surface area contributed by atoms with E-state index < -0.39 is 5.82 Å². The fourth-order valence-electron chi connectivity index (χ4n) is 2.74. The van der Waals surface area contributed by atoms with Crippen molar-refractivity contribution in [3.8, 4) is 16.9 Å². The maximum atomic E-state index is 13.6. The maximum Gasteiger partial charge on any atom is 0.166 e. The molecular weight excluding hydrogens is 400 g/mol. The van der Waals surface area contributed by atoms with Crippen molar-refractivity contribution < 1.29 is 9.13 Å². The molecule has 2 aromatic carbocycles. The molecule has 146 valence electrons. The van der Waals surface area contributed by atoms with Gasteiger partial charge in [0.2, 0.25) is 0 Å². The van der Waals surface area contributed by atoms with Crippen molar-refractivity contribution in [1.29, 1.82) is 0 Å². The Morgan fingerprint density at radius 1 is 1.07 bits per heavy atom. The molecule has 0 saturated carbocycles. The first-order valence-corrected chi connectivity index (χ1v) is 9.41. The van der Waals surface area contributed by atoms with Gasteiger partial charge in [0.25, 0.3) is 0 Å². The van der Waals surface area contributed by atoms with E-state index in [0.717, 1.165) is 16.8 Å². The summed E-state index contributed by atoms with van der Waals surface area (Å²) in [6, 6.07) is 12.6. The quantitative estimate of drug-likeness (QED) is 0.538. The standard InChI is InChI=1S/C21H20Cl2FN3O/c1-27(2)15-5-3-13(4-6-15)14-11-19(21(25)26-12-14)28-10-9-16-17(22)7-8-18(24)20(16)23/h3-8,11-12H,9-10H2,1-2H3,(H2,25,26). The zero-order chi connectivity index (χ0) is 20.3. The van der Waals surface area contributed by atoms with Gasteiger partial charge in [-0.15, -0.1) is 0 Å². The average molecular weight is 420 g/mol. The van der Waals surface area contributed by atoms with Crippen LogP contribution in [0.4, 0.5) is 15.9 Å². The van der Waals surface area contributed by atoms with Gasteiger partial charge in [0.1, 0.15) is 5.82 Å². The Kier molecular flexibility index (Phi) is 6.27. The van der Waals surface area contributed by atoms with Gasteiger partial charge < -0.3 is 15.4 Å². The van der Waals surface area contributed by atoms with Crippen LogP contribution in [-0.2, 0) is 6.42 Å². The zero-order valence-electron chi connectivity index (χ0n) is 15.5. The molecule has 0 aliphatic rings. The largest absolute Gasteiger partial charge is 0.489 e. The van der Waals surface area contributed by atoms with E-state index in [0.29, 0.717) is 22.8 Å². The molecule has 0 fully saturated rings. The third kappa shape index (κ3) is 4.49. The predicted molar refractivity (Wildman–Crippen MR) is 114 cm³/mol. The Labute approximate surface area is 173 Å². The van der Waals surface area contributed by atoms with Gasteiger partial charge in [-0.3, -0.25) is 0 Å². The van der Waals surface area contributed by atoms with Crippen molar-refractivity contribution in [1.82, 2.24) is 4.98 Å². The van der Waals surface area contributed by atoms with Crippen molar-refractivity contribution in [3.63, 3.8) is 0 Å². The minimum Gasteiger partial charge on any atom is -0.489 e. The number of hydrogen-bond donors (Lipinski definition) is 1. The predicted octanol–water partition coefficient (Wildman–Crippen LogP) is 5.46. The first-order chi connectivity index (χ1) is 13.4. The van der Waals surface area contributed by atoms with Crippen LogP contribution in [0.15, 0.2) is 48.7 Å². The number of nitrogens with two attached hydrogens (primary N) is 1. The summed E-state index contributed by atoms with van der Waals surface area (Å²) in [7, 11) is 3.98. The number of rotatable bonds is 6. The van der Waals surface area contributed by atoms with Crippen molar-refractivity contribution in [3.05, 3.63) is 70.1 Å². The Balaban J connectivity index is 1.75. The van der Waals surface area contributed by atoms with Crippen LogP contribution >= 0.6 is 23.2 Å². The fourth-order valence-corrected chi connectivity index (χ4v) is 3.30. The van der Waals surface area contributed by atoms with E-state index in [4.69, 9.17) is 33.7 Å². The summed E-state index contributed by atoms with van der Waals surface area (Å²) in [4.78, 5) is 6.25. The highest BCUT2D eigenvalue weighted by molar-refractivity contribution is 6.36. The Morgan fingerprint density at radius 2 is 1.79 bits per heavy atom. The molecule has 0 saturated heterocycles. The van der Waals surface area contributed by atoms with Crippen LogP contribution in [-0.4, -0.2) is 25.7 Å². The lowest BCUT2D eigenvalue weighted by atomic mass is 10.1. The minimum atomic E-state index is -0.509. The number of ether oxygens (including phenoxy) is 1. The van der Waals surface area contributed by atoms with Gasteiger partial charge in [0, 0.05) is 43.0 Å². The van der Waals surface area contributed by atoms with E-state index in [-0.39, 0.29) is 17.4 Å². The molecular formula is C21H20Cl2FN3O. The number of benzene rings is 2. The van der Waals surface area contributed by atoms with Gasteiger partial charge in [-0.1, -0.05) is 35.3 Å². The van der Waals surface area contributed by atoms with Gasteiger partial charge in [0.15, 0.2) is 11.6 Å². The van der Waals surface area contributed by atoms with E-state index in [2.05, 4.69) is 4.98 Å². The second-order valence-corrected chi connectivity index (χ2v) is 7.25. The van der Waals surface area contributed by atoms with Crippen LogP contribution in [0, 0.1) is 5.82 Å². The molecule has 0 aliphatic heterocycles. The number of pyridine rings is 1. The van der Waals surface area contributed by atoms with E-state index in [1.807, 2.05) is 49.3 Å². The Bertz CT molecular complexity index is 978. The number of nitrogen functional groups attached to an aromatic ring is 1. The third-order valence-electron chi connectivity index (χ3n) is 4.35. The normalized spacial score (nSPS) is 10.8. The topological polar surface area (TPSA) is 51.4 Å². The number of hydrogen-bond acceptors (Lipinski definition) is 4. The van der Waals surface area contributed by atoms with Crippen LogP contribution in [0.25, 0.3) is 11.1 Å². The molecule has 1 heterocycles. The monoisotopic (exact) mass is 419 g/mol. The molecule has 0 aliphatic carbocycles. The van der Waals surface area contributed by atoms with Crippen LogP contribution in [0.3, 0.4) is 0 Å². The van der Waals surface area contributed by atoms with Crippen molar-refractivity contribution in [2.24, 2.45) is 0 Å². The second-order valence-electron chi connectivity index (χ2n) is 6.47. The van der Waals surface area contributed by atoms with Crippen molar-refractivity contribution in [2.45, 2.75) is 6.42 Å². The van der Waals surface area contributed by atoms with Gasteiger partial charge in [-0.2, -0.15) is 0 Å². The third-order valence-corrected chi connectivity index (χ3v) is 5.11. The molecule has 0 unspecified atom stereocenters. The van der Waals surface area contributed by atoms with Crippen molar-refractivity contribution >= 4 is 34.7 Å². The smallest absolute Gasteiger partial charge is 0.166 e. The zero-order valence-corrected chi connectivity index (χ0v) is 17.1. The van der Waals surface area contributed by atoms with E-state index in [1.165, 1.54) is 12.1 Å². The van der Waals surface area contributed by atoms with E-state index >= 15 is 0 Å². The number of halogens is 3. The summed E-state index contributed by atoms with van der Waals surface area (Å²) in [6.07, 6.45) is 2.05. The van der Waals surface area contributed by atoms with Gasteiger partial charge in [-0.05, 0) is 41.5 Å². The molecule has 3 aromatic rings. The maximum absolute atomic E-state index is 13.6. The van der Waals surface area contributed by atoms with Crippen molar-refractivity contribution in [2.75, 3.05) is 31.3 Å². The summed E-state index contributed by atoms with van der Waals surface area (Å²) in [5.74, 6) is 0.230. The molecule has 2 N–H and O–H groups in total. The van der Waals surface area contributed by atoms with Gasteiger partial charge in [-0.25, -0.2) is 9.37 Å². The lowest BCUT2D eigenvalue weighted by Gasteiger charge is -2.14. The van der Waals surface area contributed by atoms with Crippen LogP contribution in [0.2, 0.25) is 10.0 Å². The minimum absolute atomic E-state index is 0.0110. The highest BCUT2D eigenvalue weighted by atomic mass is 35.5. The number of aromatic nitrogens is 1. The molecule has 0 bridgehead atoms. The lowest BCUT2D eigenvalue weighted by Crippen LogP contribution is -2.08. The average Bonchev–Trinajstić information content (AvgIpc) is 2.69. The molecule has 7 heteroatoms. The summed E-state index contributed by atoms with van der Waals surface area (Å²) >= 11 is 12.1. The van der Waals surface area contributed by atoms with E-state index in [1.54, 1.807) is 6.20 Å². The first kappa shape index (κ1) is 20.2. The highest BCUT2D eigenvalue weighted by Gasteiger charge is 2.12. The number of anilines is 2. The molecule has 0 radical (unpaired) electrons. The molecule has 0 atom stereocenters. The lowest BCUT2D eigenvalue weighted by molar-refractivity contribution is 0.322. The van der Waals surface area contributed by atoms with Crippen LogP contribution in [0.1, 0.15) is 5.56 Å². The fraction of sp³-hybridized carbons (Fsp3) is 0.190. The van der Waals surface area contributed by atoms with Gasteiger partial charge >= 0.3 is 0 Å². The Hall–Kier alpha value is -2.50. The number of nitrogens with zero attached hydrogens (tertiary/aromatic N) is 2. The SMILES string of the molecule is CN(C)c1ccc(-c2cnc(N)c(OCCc3c(Cl)ccc(F)c3Cl)c2)cc1. The summed E-state index contributed by atoms with van der Waals surface area (Å²) < 4.78 is 19.4. The second kappa shape index (κ2) is 8.67. The molecule has 0 spiro atoms. The summed E-state index contributed by atoms with van der Waals surface area (Å²) in [6.45, 7) is 0.234. The summed E-state index contributed by atoms with van der Waals surface area (Å²) in [5.41, 5.74) is 9.43. The molecule has 28 heavy (non-hydrogen) atoms. The molecule has 4 nitrogen and oxygen atoms in total. The highest BCUT2D eigenvalue weighted by Crippen LogP contribution is 2.30. The molecule has 0 amide bonds. The van der Waals surface area contributed by atoms with Gasteiger partial charge in [0.05, 0.1) is 11.6 Å².